The molecule has 5 fully saturated rings. The fraction of sp³-hybridized carbons (Fsp3) is 0.600. The van der Waals surface area contributed by atoms with Crippen molar-refractivity contribution in [2.24, 2.45) is 5.41 Å². The van der Waals surface area contributed by atoms with Crippen LogP contribution in [0.3, 0.4) is 0 Å². The Bertz CT molecular complexity index is 1080. The van der Waals surface area contributed by atoms with Crippen molar-refractivity contribution in [2.45, 2.75) is 75.7 Å². The average molecular weight is 470 g/mol. The second-order valence-electron chi connectivity index (χ2n) is 10.6. The van der Waals surface area contributed by atoms with Gasteiger partial charge in [0.25, 0.3) is 5.91 Å². The molecule has 180 valence electrons. The topological polar surface area (TPSA) is 96.0 Å². The molecule has 2 bridgehead atoms. The van der Waals surface area contributed by atoms with Crippen LogP contribution >= 0.6 is 0 Å². The van der Waals surface area contributed by atoms with Gasteiger partial charge in [-0.15, -0.1) is 0 Å². The van der Waals surface area contributed by atoms with Gasteiger partial charge in [0.15, 0.2) is 0 Å². The first-order chi connectivity index (χ1) is 16.3. The van der Waals surface area contributed by atoms with E-state index < -0.39 is 23.0 Å². The number of nitrogens with one attached hydrogen (secondary N) is 1. The Balaban J connectivity index is 1.11. The summed E-state index contributed by atoms with van der Waals surface area (Å²) < 4.78 is 20.0. The first-order valence-corrected chi connectivity index (χ1v) is 12.2. The van der Waals surface area contributed by atoms with Crippen molar-refractivity contribution in [2.75, 3.05) is 13.2 Å². The smallest absolute Gasteiger partial charge is 0.255 e. The number of amides is 4. The van der Waals surface area contributed by atoms with Crippen LogP contribution in [0.15, 0.2) is 18.2 Å². The fourth-order valence-electron chi connectivity index (χ4n) is 6.47. The molecule has 0 spiro atoms. The van der Waals surface area contributed by atoms with E-state index >= 15 is 0 Å². The van der Waals surface area contributed by atoms with Crippen molar-refractivity contribution in [1.29, 1.82) is 0 Å². The van der Waals surface area contributed by atoms with Gasteiger partial charge in [-0.3, -0.25) is 24.5 Å². The summed E-state index contributed by atoms with van der Waals surface area (Å²) in [6.07, 6.45) is 4.48. The monoisotopic (exact) mass is 469 g/mol. The standard InChI is InChI=1S/C25H28FN3O5/c26-25-12-24(13-25,14-25)23(33)28-8-2-1-3-16(28)11-34-17-4-5-18-15(9-17)10-29(22(18)32)19-6-7-20(30)27-21(19)31/h4-5,9,16,19H,1-3,6-8,10-14H2,(H,27,30,31)/t16-,19?,24?,25?/m1/s1. The van der Waals surface area contributed by atoms with E-state index in [1.807, 2.05) is 11.0 Å². The summed E-state index contributed by atoms with van der Waals surface area (Å²) in [4.78, 5) is 53.1. The average Bonchev–Trinajstić information content (AvgIpc) is 3.10. The van der Waals surface area contributed by atoms with E-state index in [9.17, 15) is 23.6 Å². The molecule has 3 aliphatic carbocycles. The third kappa shape index (κ3) is 3.31. The fourth-order valence-corrected chi connectivity index (χ4v) is 6.47. The number of fused-ring (bicyclic) bond motifs is 1. The number of likely N-dealkylation sites (tertiary alicyclic amines) is 1. The van der Waals surface area contributed by atoms with Crippen LogP contribution in [0.25, 0.3) is 0 Å². The number of piperidine rings is 2. The van der Waals surface area contributed by atoms with Gasteiger partial charge in [0.1, 0.15) is 24.1 Å². The summed E-state index contributed by atoms with van der Waals surface area (Å²) in [5.41, 5.74) is -0.250. The number of nitrogens with zero attached hydrogens (tertiary/aromatic N) is 2. The molecule has 34 heavy (non-hydrogen) atoms. The molecule has 7 rings (SSSR count). The number of hydrogen-bond donors (Lipinski definition) is 1. The van der Waals surface area contributed by atoms with E-state index in [-0.39, 0.29) is 30.2 Å². The molecule has 0 radical (unpaired) electrons. The number of carbonyl (C=O) groups excluding carboxylic acids is 4. The molecule has 3 saturated carbocycles. The molecule has 3 heterocycles. The number of hydrogen-bond acceptors (Lipinski definition) is 5. The zero-order chi connectivity index (χ0) is 23.7. The van der Waals surface area contributed by atoms with Crippen LogP contribution in [-0.2, 0) is 20.9 Å². The Morgan fingerprint density at radius 1 is 1.15 bits per heavy atom. The van der Waals surface area contributed by atoms with Crippen LogP contribution in [0.2, 0.25) is 0 Å². The third-order valence-corrected chi connectivity index (χ3v) is 8.24. The van der Waals surface area contributed by atoms with Gasteiger partial charge in [0, 0.05) is 25.1 Å². The van der Waals surface area contributed by atoms with E-state index in [4.69, 9.17) is 4.74 Å². The molecule has 6 aliphatic rings. The zero-order valence-electron chi connectivity index (χ0n) is 19.0. The summed E-state index contributed by atoms with van der Waals surface area (Å²) in [6, 6.07) is 4.59. The van der Waals surface area contributed by atoms with Gasteiger partial charge < -0.3 is 14.5 Å². The minimum Gasteiger partial charge on any atom is -0.491 e. The second kappa shape index (κ2) is 7.52. The lowest BCUT2D eigenvalue weighted by molar-refractivity contribution is -0.224. The van der Waals surface area contributed by atoms with Crippen LogP contribution < -0.4 is 10.1 Å². The summed E-state index contributed by atoms with van der Waals surface area (Å²) in [6.45, 7) is 1.33. The molecule has 2 saturated heterocycles. The van der Waals surface area contributed by atoms with Crippen molar-refractivity contribution < 1.29 is 28.3 Å². The molecular formula is C25H28FN3O5. The maximum atomic E-state index is 14.0. The van der Waals surface area contributed by atoms with Gasteiger partial charge in [-0.25, -0.2) is 4.39 Å². The summed E-state index contributed by atoms with van der Waals surface area (Å²) in [7, 11) is 0. The van der Waals surface area contributed by atoms with E-state index in [1.54, 1.807) is 12.1 Å². The van der Waals surface area contributed by atoms with E-state index in [0.717, 1.165) is 24.8 Å². The van der Waals surface area contributed by atoms with E-state index in [0.29, 0.717) is 56.7 Å². The number of ether oxygens (including phenoxy) is 1. The molecule has 1 aromatic carbocycles. The van der Waals surface area contributed by atoms with E-state index in [2.05, 4.69) is 5.32 Å². The number of imide groups is 1. The van der Waals surface area contributed by atoms with Crippen LogP contribution in [-0.4, -0.2) is 64.3 Å². The first-order valence-electron chi connectivity index (χ1n) is 12.2. The van der Waals surface area contributed by atoms with Crippen molar-refractivity contribution in [3.8, 4) is 5.75 Å². The van der Waals surface area contributed by atoms with Gasteiger partial charge in [-0.05, 0) is 68.7 Å². The van der Waals surface area contributed by atoms with Crippen molar-refractivity contribution >= 4 is 23.6 Å². The van der Waals surface area contributed by atoms with Crippen LogP contribution in [0.4, 0.5) is 4.39 Å². The SMILES string of the molecule is O=C1CCC(N2Cc3cc(OC[C@H]4CCCCN4C(=O)C45CC(F)(C4)C5)ccc3C2=O)C(=O)N1. The Labute approximate surface area is 196 Å². The molecule has 1 unspecified atom stereocenters. The van der Waals surface area contributed by atoms with Crippen molar-refractivity contribution in [1.82, 2.24) is 15.1 Å². The predicted octanol–water partition coefficient (Wildman–Crippen LogP) is 2.10. The molecule has 9 heteroatoms. The van der Waals surface area contributed by atoms with E-state index in [1.165, 1.54) is 4.90 Å². The van der Waals surface area contributed by atoms with Gasteiger partial charge in [-0.2, -0.15) is 0 Å². The highest BCUT2D eigenvalue weighted by Crippen LogP contribution is 2.70. The number of halogens is 1. The maximum absolute atomic E-state index is 14.0. The highest BCUT2D eigenvalue weighted by atomic mass is 19.1. The first kappa shape index (κ1) is 21.6. The minimum atomic E-state index is -1.10. The van der Waals surface area contributed by atoms with Crippen molar-refractivity contribution in [3.63, 3.8) is 0 Å². The van der Waals surface area contributed by atoms with Crippen molar-refractivity contribution in [3.05, 3.63) is 29.3 Å². The Hall–Kier alpha value is -2.97. The number of carbonyl (C=O) groups is 4. The van der Waals surface area contributed by atoms with Crippen LogP contribution in [0, 0.1) is 5.41 Å². The Kier molecular flexibility index (Phi) is 4.76. The highest BCUT2D eigenvalue weighted by molar-refractivity contribution is 6.05. The molecule has 8 nitrogen and oxygen atoms in total. The quantitative estimate of drug-likeness (QED) is 0.667. The molecule has 2 atom stereocenters. The normalized spacial score (nSPS) is 34.2. The molecule has 1 aromatic rings. The third-order valence-electron chi connectivity index (χ3n) is 8.24. The summed E-state index contributed by atoms with van der Waals surface area (Å²) >= 11 is 0. The van der Waals surface area contributed by atoms with Gasteiger partial charge in [0.2, 0.25) is 17.7 Å². The number of alkyl halides is 1. The van der Waals surface area contributed by atoms with Crippen LogP contribution in [0.5, 0.6) is 5.75 Å². The lowest BCUT2D eigenvalue weighted by Gasteiger charge is -2.65. The number of benzene rings is 1. The van der Waals surface area contributed by atoms with Gasteiger partial charge in [-0.1, -0.05) is 0 Å². The summed E-state index contributed by atoms with van der Waals surface area (Å²) in [5.74, 6) is -0.264. The van der Waals surface area contributed by atoms with Gasteiger partial charge >= 0.3 is 0 Å². The molecule has 1 N–H and O–H groups in total. The summed E-state index contributed by atoms with van der Waals surface area (Å²) in [5, 5.41) is 2.31. The predicted molar refractivity (Wildman–Crippen MR) is 117 cm³/mol. The minimum absolute atomic E-state index is 0.0410. The molecule has 0 aromatic heterocycles. The molecule has 3 aliphatic heterocycles. The molecular weight excluding hydrogens is 441 g/mol. The highest BCUT2D eigenvalue weighted by Gasteiger charge is 2.73. The zero-order valence-corrected chi connectivity index (χ0v) is 19.0. The Morgan fingerprint density at radius 2 is 1.94 bits per heavy atom. The number of rotatable bonds is 5. The second-order valence-corrected chi connectivity index (χ2v) is 10.6. The maximum Gasteiger partial charge on any atom is 0.255 e. The van der Waals surface area contributed by atoms with Gasteiger partial charge in [0.05, 0.1) is 11.5 Å². The Morgan fingerprint density at radius 3 is 2.68 bits per heavy atom. The molecule has 4 amide bonds. The van der Waals surface area contributed by atoms with Crippen LogP contribution in [0.1, 0.15) is 67.3 Å². The largest absolute Gasteiger partial charge is 0.491 e. The lowest BCUT2D eigenvalue weighted by Crippen LogP contribution is -2.71. The lowest BCUT2D eigenvalue weighted by atomic mass is 9.41.